The number of carbonyl (C=O) groups is 1. The third-order valence-corrected chi connectivity index (χ3v) is 7.27. The van der Waals surface area contributed by atoms with Gasteiger partial charge in [0.05, 0.1) is 17.4 Å². The van der Waals surface area contributed by atoms with E-state index in [2.05, 4.69) is 9.72 Å². The van der Waals surface area contributed by atoms with Crippen LogP contribution in [0.5, 0.6) is 11.5 Å². The second-order valence-corrected chi connectivity index (χ2v) is 9.51. The summed E-state index contributed by atoms with van der Waals surface area (Å²) in [6.45, 7) is 4.58. The first-order valence-corrected chi connectivity index (χ1v) is 11.1. The fourth-order valence-corrected chi connectivity index (χ4v) is 5.45. The molecule has 0 bridgehead atoms. The monoisotopic (exact) mass is 486 g/mol. The molecular weight excluding hydrogens is 465 g/mol. The van der Waals surface area contributed by atoms with E-state index in [9.17, 15) is 22.8 Å². The van der Waals surface area contributed by atoms with Crippen LogP contribution in [0.15, 0.2) is 47.7 Å². The van der Waals surface area contributed by atoms with Crippen molar-refractivity contribution < 1.29 is 27.4 Å². The van der Waals surface area contributed by atoms with E-state index >= 15 is 0 Å². The van der Waals surface area contributed by atoms with Gasteiger partial charge < -0.3 is 23.5 Å². The lowest BCUT2D eigenvalue weighted by molar-refractivity contribution is -0.274. The minimum atomic E-state index is -4.80. The van der Waals surface area contributed by atoms with Crippen molar-refractivity contribution in [3.63, 3.8) is 0 Å². The lowest BCUT2D eigenvalue weighted by atomic mass is 9.92. The van der Waals surface area contributed by atoms with E-state index in [1.807, 2.05) is 13.8 Å². The van der Waals surface area contributed by atoms with E-state index in [1.54, 1.807) is 34.1 Å². The Morgan fingerprint density at radius 3 is 2.69 bits per heavy atom. The van der Waals surface area contributed by atoms with Crippen molar-refractivity contribution in [3.05, 3.63) is 70.2 Å². The number of carbonyl (C=O) groups excluding carboxylic acids is 1. The minimum absolute atomic E-state index is 0.265. The smallest absolute Gasteiger partial charge is 0.486 e. The van der Waals surface area contributed by atoms with Gasteiger partial charge in [0, 0.05) is 37.8 Å². The molecule has 1 aromatic carbocycles. The van der Waals surface area contributed by atoms with Gasteiger partial charge in [0.25, 0.3) is 11.5 Å². The SMILES string of the molecule is Cc1cn(-c2ccc3n(c2=O)CCN(C[C@@]24C[C@]2(C)Oc2ccc(OC(F)(F)F)cc24)C3=O)cn1. The summed E-state index contributed by atoms with van der Waals surface area (Å²) in [5, 5.41) is 0. The molecule has 35 heavy (non-hydrogen) atoms. The normalized spacial score (nSPS) is 24.5. The lowest BCUT2D eigenvalue weighted by Crippen LogP contribution is -2.48. The van der Waals surface area contributed by atoms with Gasteiger partial charge in [-0.1, -0.05) is 0 Å². The first-order chi connectivity index (χ1) is 16.5. The number of nitrogens with zero attached hydrogens (tertiary/aromatic N) is 4. The average Bonchev–Trinajstić information content (AvgIpc) is 3.02. The van der Waals surface area contributed by atoms with Crippen LogP contribution in [0.3, 0.4) is 0 Å². The topological polar surface area (TPSA) is 78.6 Å². The molecule has 2 atom stereocenters. The van der Waals surface area contributed by atoms with Crippen LogP contribution >= 0.6 is 0 Å². The number of imidazole rings is 1. The van der Waals surface area contributed by atoms with Gasteiger partial charge in [-0.15, -0.1) is 13.2 Å². The van der Waals surface area contributed by atoms with Crippen LogP contribution in [-0.4, -0.2) is 50.0 Å². The number of rotatable bonds is 4. The van der Waals surface area contributed by atoms with Crippen LogP contribution in [0.4, 0.5) is 13.2 Å². The zero-order valence-electron chi connectivity index (χ0n) is 18.9. The number of alkyl halides is 3. The van der Waals surface area contributed by atoms with Gasteiger partial charge in [-0.25, -0.2) is 4.98 Å². The number of aromatic nitrogens is 3. The maximum atomic E-state index is 13.4. The summed E-state index contributed by atoms with van der Waals surface area (Å²) in [5.74, 6) is -0.129. The van der Waals surface area contributed by atoms with Crippen molar-refractivity contribution in [1.82, 2.24) is 19.0 Å². The van der Waals surface area contributed by atoms with Crippen LogP contribution in [0.1, 0.15) is 35.1 Å². The molecule has 0 N–H and O–H groups in total. The molecule has 1 amide bonds. The predicted molar refractivity (Wildman–Crippen MR) is 117 cm³/mol. The van der Waals surface area contributed by atoms with Gasteiger partial charge in [0.1, 0.15) is 28.5 Å². The number of hydrogen-bond donors (Lipinski definition) is 0. The molecule has 11 heteroatoms. The summed E-state index contributed by atoms with van der Waals surface area (Å²) in [7, 11) is 0. The van der Waals surface area contributed by atoms with E-state index in [-0.39, 0.29) is 29.5 Å². The van der Waals surface area contributed by atoms with Crippen molar-refractivity contribution in [2.75, 3.05) is 13.1 Å². The Morgan fingerprint density at radius 2 is 1.97 bits per heavy atom. The van der Waals surface area contributed by atoms with Gasteiger partial charge in [0.15, 0.2) is 0 Å². The summed E-state index contributed by atoms with van der Waals surface area (Å²) >= 11 is 0. The Balaban J connectivity index is 1.30. The molecule has 4 heterocycles. The highest BCUT2D eigenvalue weighted by molar-refractivity contribution is 5.93. The minimum Gasteiger partial charge on any atom is -0.486 e. The quantitative estimate of drug-likeness (QED) is 0.566. The summed E-state index contributed by atoms with van der Waals surface area (Å²) in [4.78, 5) is 32.2. The van der Waals surface area contributed by atoms with E-state index in [4.69, 9.17) is 4.74 Å². The zero-order valence-corrected chi connectivity index (χ0v) is 18.9. The summed E-state index contributed by atoms with van der Waals surface area (Å²) in [6.07, 6.45) is -0.945. The molecule has 3 aromatic rings. The van der Waals surface area contributed by atoms with Crippen LogP contribution in [0.2, 0.25) is 0 Å². The Bertz CT molecular complexity index is 1450. The number of ether oxygens (including phenoxy) is 2. The lowest BCUT2D eigenvalue weighted by Gasteiger charge is -2.32. The van der Waals surface area contributed by atoms with Crippen molar-refractivity contribution in [2.24, 2.45) is 0 Å². The maximum absolute atomic E-state index is 13.4. The molecule has 2 aliphatic heterocycles. The number of hydrogen-bond acceptors (Lipinski definition) is 5. The summed E-state index contributed by atoms with van der Waals surface area (Å²) < 4.78 is 51.6. The molecule has 0 spiro atoms. The highest BCUT2D eigenvalue weighted by atomic mass is 19.4. The van der Waals surface area contributed by atoms with E-state index < -0.39 is 17.4 Å². The Hall–Kier alpha value is -3.76. The van der Waals surface area contributed by atoms with Gasteiger partial charge in [-0.05, 0) is 44.2 Å². The molecule has 182 valence electrons. The highest BCUT2D eigenvalue weighted by Gasteiger charge is 2.73. The number of amides is 1. The zero-order chi connectivity index (χ0) is 24.8. The van der Waals surface area contributed by atoms with Crippen molar-refractivity contribution in [1.29, 1.82) is 0 Å². The number of pyridine rings is 1. The molecule has 2 aromatic heterocycles. The molecule has 3 aliphatic rings. The molecular formula is C24H21F3N4O4. The first-order valence-electron chi connectivity index (χ1n) is 11.1. The number of benzene rings is 1. The van der Waals surface area contributed by atoms with Gasteiger partial charge in [-0.2, -0.15) is 0 Å². The average molecular weight is 486 g/mol. The van der Waals surface area contributed by atoms with E-state index in [1.165, 1.54) is 22.8 Å². The Labute approximate surface area is 197 Å². The second kappa shape index (κ2) is 6.89. The Morgan fingerprint density at radius 1 is 1.17 bits per heavy atom. The van der Waals surface area contributed by atoms with Crippen LogP contribution < -0.4 is 15.0 Å². The van der Waals surface area contributed by atoms with E-state index in [0.717, 1.165) is 5.69 Å². The fourth-order valence-electron chi connectivity index (χ4n) is 5.45. The van der Waals surface area contributed by atoms with Gasteiger partial charge in [0.2, 0.25) is 0 Å². The van der Waals surface area contributed by atoms with Crippen LogP contribution in [0.25, 0.3) is 5.69 Å². The third-order valence-electron chi connectivity index (χ3n) is 7.27. The first kappa shape index (κ1) is 21.8. The third kappa shape index (κ3) is 3.24. The highest BCUT2D eigenvalue weighted by Crippen LogP contribution is 2.67. The standard InChI is InChI=1S/C24H21F3N4O4/c1-14-10-30(13-28-14)17-4-5-18-20(32)29(7-8-31(18)21(17)33)12-23-11-22(23,2)35-19-6-3-15(9-16(19)23)34-24(25,26)27/h3-6,9-10,13H,7-8,11-12H2,1-2H3/t22-,23+/m0/s1. The molecule has 1 aliphatic carbocycles. The van der Waals surface area contributed by atoms with Crippen molar-refractivity contribution in [3.8, 4) is 17.2 Å². The molecule has 1 fully saturated rings. The van der Waals surface area contributed by atoms with Gasteiger partial charge in [-0.3, -0.25) is 9.59 Å². The van der Waals surface area contributed by atoms with Crippen molar-refractivity contribution >= 4 is 5.91 Å². The molecule has 0 unspecified atom stereocenters. The van der Waals surface area contributed by atoms with Crippen molar-refractivity contribution in [2.45, 2.75) is 44.2 Å². The maximum Gasteiger partial charge on any atom is 0.573 e. The predicted octanol–water partition coefficient (Wildman–Crippen LogP) is 3.19. The van der Waals surface area contributed by atoms with Crippen LogP contribution in [-0.2, 0) is 12.0 Å². The molecule has 1 saturated carbocycles. The number of aryl methyl sites for hydroxylation is 1. The molecule has 0 saturated heterocycles. The summed E-state index contributed by atoms with van der Waals surface area (Å²) in [5.41, 5.74) is 0.498. The number of fused-ring (bicyclic) bond motifs is 4. The number of halogens is 3. The second-order valence-electron chi connectivity index (χ2n) is 9.51. The molecule has 0 radical (unpaired) electrons. The Kier molecular flexibility index (Phi) is 4.28. The molecule has 6 rings (SSSR count). The van der Waals surface area contributed by atoms with E-state index in [0.29, 0.717) is 36.5 Å². The fraction of sp³-hybridized carbons (Fsp3) is 0.375. The largest absolute Gasteiger partial charge is 0.573 e. The summed E-state index contributed by atoms with van der Waals surface area (Å²) in [6, 6.07) is 7.28. The van der Waals surface area contributed by atoms with Crippen LogP contribution in [0, 0.1) is 6.92 Å². The van der Waals surface area contributed by atoms with Gasteiger partial charge >= 0.3 is 6.36 Å². The molecule has 8 nitrogen and oxygen atoms in total.